The molecule has 0 saturated carbocycles. The first-order chi connectivity index (χ1) is 8.71. The highest BCUT2D eigenvalue weighted by Gasteiger charge is 2.08. The van der Waals surface area contributed by atoms with E-state index in [1.54, 1.807) is 7.11 Å². The van der Waals surface area contributed by atoms with Crippen molar-refractivity contribution in [3.8, 4) is 5.75 Å². The van der Waals surface area contributed by atoms with E-state index in [9.17, 15) is 4.79 Å². The zero-order chi connectivity index (χ0) is 13.4. The Labute approximate surface area is 108 Å². The number of carbonyl (C=O) groups excluding carboxylic acids is 1. The van der Waals surface area contributed by atoms with Crippen molar-refractivity contribution in [2.24, 2.45) is 0 Å². The summed E-state index contributed by atoms with van der Waals surface area (Å²) < 4.78 is 9.89. The van der Waals surface area contributed by atoms with Crippen molar-refractivity contribution in [3.63, 3.8) is 0 Å². The van der Waals surface area contributed by atoms with Gasteiger partial charge in [-0.05, 0) is 36.6 Å². The number of benzene rings is 1. The number of carbonyl (C=O) groups is 1. The Hall–Kier alpha value is -1.77. The van der Waals surface area contributed by atoms with E-state index in [1.165, 1.54) is 7.11 Å². The molecule has 0 saturated heterocycles. The number of ether oxygens (including phenoxy) is 2. The van der Waals surface area contributed by atoms with Crippen LogP contribution in [0, 0.1) is 0 Å². The number of rotatable bonds is 6. The number of methoxy groups -OCH3 is 2. The van der Waals surface area contributed by atoms with Gasteiger partial charge in [-0.2, -0.15) is 0 Å². The van der Waals surface area contributed by atoms with Gasteiger partial charge in [0.15, 0.2) is 0 Å². The highest BCUT2D eigenvalue weighted by atomic mass is 16.5. The molecule has 3 heteroatoms. The molecule has 1 aromatic rings. The van der Waals surface area contributed by atoms with Crippen LogP contribution in [0.25, 0.3) is 6.08 Å². The average Bonchev–Trinajstić information content (AvgIpc) is 2.43. The molecule has 0 bridgehead atoms. The fourth-order valence-electron chi connectivity index (χ4n) is 1.63. The predicted octanol–water partition coefficient (Wildman–Crippen LogP) is 3.44. The average molecular weight is 248 g/mol. The Morgan fingerprint density at radius 3 is 2.39 bits per heavy atom. The Balaban J connectivity index is 2.87. The Morgan fingerprint density at radius 1 is 1.22 bits per heavy atom. The van der Waals surface area contributed by atoms with E-state index < -0.39 is 0 Å². The largest absolute Gasteiger partial charge is 0.497 e. The summed E-state index contributed by atoms with van der Waals surface area (Å²) in [7, 11) is 3.04. The minimum Gasteiger partial charge on any atom is -0.497 e. The molecule has 98 valence electrons. The maximum absolute atomic E-state index is 11.6. The lowest BCUT2D eigenvalue weighted by Gasteiger charge is -2.05. The third kappa shape index (κ3) is 4.24. The molecule has 1 aromatic carbocycles. The lowest BCUT2D eigenvalue weighted by molar-refractivity contribution is -0.136. The van der Waals surface area contributed by atoms with Crippen LogP contribution in [-0.2, 0) is 9.53 Å². The zero-order valence-electron chi connectivity index (χ0n) is 11.2. The van der Waals surface area contributed by atoms with Crippen LogP contribution in [0.1, 0.15) is 31.7 Å². The van der Waals surface area contributed by atoms with E-state index in [2.05, 4.69) is 6.92 Å². The molecule has 0 spiro atoms. The van der Waals surface area contributed by atoms with Crippen LogP contribution < -0.4 is 4.74 Å². The molecular weight excluding hydrogens is 228 g/mol. The highest BCUT2D eigenvalue weighted by Crippen LogP contribution is 2.17. The Bertz CT molecular complexity index is 404. The van der Waals surface area contributed by atoms with Gasteiger partial charge in [-0.15, -0.1) is 0 Å². The fraction of sp³-hybridized carbons (Fsp3) is 0.400. The molecule has 0 unspecified atom stereocenters. The van der Waals surface area contributed by atoms with Crippen LogP contribution in [0.3, 0.4) is 0 Å². The van der Waals surface area contributed by atoms with E-state index in [1.807, 2.05) is 30.3 Å². The van der Waals surface area contributed by atoms with E-state index in [0.717, 1.165) is 30.6 Å². The molecule has 0 aromatic heterocycles. The lowest BCUT2D eigenvalue weighted by atomic mass is 10.1. The van der Waals surface area contributed by atoms with Gasteiger partial charge in [-0.3, -0.25) is 0 Å². The minimum absolute atomic E-state index is 0.251. The maximum atomic E-state index is 11.6. The number of hydrogen-bond acceptors (Lipinski definition) is 3. The zero-order valence-corrected chi connectivity index (χ0v) is 11.2. The predicted molar refractivity (Wildman–Crippen MR) is 72.5 cm³/mol. The number of hydrogen-bond donors (Lipinski definition) is 0. The Morgan fingerprint density at radius 2 is 1.89 bits per heavy atom. The number of unbranched alkanes of at least 4 members (excludes halogenated alkanes) is 1. The molecule has 0 amide bonds. The topological polar surface area (TPSA) is 35.5 Å². The van der Waals surface area contributed by atoms with Gasteiger partial charge in [-0.25, -0.2) is 4.79 Å². The summed E-state index contributed by atoms with van der Waals surface area (Å²) in [6, 6.07) is 7.60. The highest BCUT2D eigenvalue weighted by molar-refractivity contribution is 5.93. The van der Waals surface area contributed by atoms with Crippen molar-refractivity contribution < 1.29 is 14.3 Å². The van der Waals surface area contributed by atoms with Crippen LogP contribution in [-0.4, -0.2) is 20.2 Å². The molecule has 0 aliphatic rings. The molecular formula is C15H20O3. The second-order valence-corrected chi connectivity index (χ2v) is 4.04. The second kappa shape index (κ2) is 7.54. The standard InChI is InChI=1S/C15H20O3/c1-4-5-6-13(15(16)18-3)11-12-7-9-14(17-2)10-8-12/h7-11H,4-6H2,1-3H3/b13-11+. The molecule has 3 nitrogen and oxygen atoms in total. The van der Waals surface area contributed by atoms with Crippen molar-refractivity contribution in [2.45, 2.75) is 26.2 Å². The third-order valence-electron chi connectivity index (χ3n) is 2.70. The first kappa shape index (κ1) is 14.3. The van der Waals surface area contributed by atoms with Gasteiger partial charge in [0.2, 0.25) is 0 Å². The van der Waals surface area contributed by atoms with Gasteiger partial charge >= 0.3 is 5.97 Å². The second-order valence-electron chi connectivity index (χ2n) is 4.04. The smallest absolute Gasteiger partial charge is 0.333 e. The summed E-state index contributed by atoms with van der Waals surface area (Å²) in [5.41, 5.74) is 1.69. The van der Waals surface area contributed by atoms with Crippen LogP contribution in [0.2, 0.25) is 0 Å². The SMILES string of the molecule is CCCC/C(=C\c1ccc(OC)cc1)C(=O)OC. The molecule has 0 aliphatic carbocycles. The maximum Gasteiger partial charge on any atom is 0.333 e. The molecule has 0 N–H and O–H groups in total. The quantitative estimate of drug-likeness (QED) is 0.571. The molecule has 0 fully saturated rings. The molecule has 0 aliphatic heterocycles. The molecule has 0 radical (unpaired) electrons. The first-order valence-corrected chi connectivity index (χ1v) is 6.14. The molecule has 0 heterocycles. The number of esters is 1. The summed E-state index contributed by atoms with van der Waals surface area (Å²) in [4.78, 5) is 11.6. The summed E-state index contributed by atoms with van der Waals surface area (Å²) >= 11 is 0. The Kier molecular flexibility index (Phi) is 5.98. The monoisotopic (exact) mass is 248 g/mol. The van der Waals surface area contributed by atoms with Gasteiger partial charge < -0.3 is 9.47 Å². The fourth-order valence-corrected chi connectivity index (χ4v) is 1.63. The van der Waals surface area contributed by atoms with Crippen molar-refractivity contribution in [3.05, 3.63) is 35.4 Å². The minimum atomic E-state index is -0.251. The van der Waals surface area contributed by atoms with Gasteiger partial charge in [0, 0.05) is 5.57 Å². The van der Waals surface area contributed by atoms with E-state index >= 15 is 0 Å². The van der Waals surface area contributed by atoms with Crippen molar-refractivity contribution in [1.29, 1.82) is 0 Å². The van der Waals surface area contributed by atoms with Gasteiger partial charge in [-0.1, -0.05) is 25.5 Å². The van der Waals surface area contributed by atoms with E-state index in [4.69, 9.17) is 9.47 Å². The summed E-state index contributed by atoms with van der Waals surface area (Å²) in [5.74, 6) is 0.555. The normalized spacial score (nSPS) is 11.2. The molecule has 18 heavy (non-hydrogen) atoms. The van der Waals surface area contributed by atoms with Gasteiger partial charge in [0.05, 0.1) is 14.2 Å². The lowest BCUT2D eigenvalue weighted by Crippen LogP contribution is -2.04. The van der Waals surface area contributed by atoms with Gasteiger partial charge in [0.1, 0.15) is 5.75 Å². The van der Waals surface area contributed by atoms with Crippen LogP contribution >= 0.6 is 0 Å². The van der Waals surface area contributed by atoms with Crippen LogP contribution in [0.5, 0.6) is 5.75 Å². The van der Waals surface area contributed by atoms with Crippen molar-refractivity contribution >= 4 is 12.0 Å². The molecule has 1 rings (SSSR count). The van der Waals surface area contributed by atoms with E-state index in [0.29, 0.717) is 5.57 Å². The van der Waals surface area contributed by atoms with Crippen LogP contribution in [0.4, 0.5) is 0 Å². The summed E-state index contributed by atoms with van der Waals surface area (Å²) in [6.07, 6.45) is 4.66. The summed E-state index contributed by atoms with van der Waals surface area (Å²) in [5, 5.41) is 0. The van der Waals surface area contributed by atoms with Gasteiger partial charge in [0.25, 0.3) is 0 Å². The molecule has 0 atom stereocenters. The van der Waals surface area contributed by atoms with Crippen LogP contribution in [0.15, 0.2) is 29.8 Å². The van der Waals surface area contributed by atoms with Crippen molar-refractivity contribution in [2.75, 3.05) is 14.2 Å². The third-order valence-corrected chi connectivity index (χ3v) is 2.70. The summed E-state index contributed by atoms with van der Waals surface area (Å²) in [6.45, 7) is 2.10. The van der Waals surface area contributed by atoms with E-state index in [-0.39, 0.29) is 5.97 Å². The first-order valence-electron chi connectivity index (χ1n) is 6.14. The van der Waals surface area contributed by atoms with Crippen molar-refractivity contribution in [1.82, 2.24) is 0 Å².